The van der Waals surface area contributed by atoms with E-state index < -0.39 is 10.0 Å². The highest BCUT2D eigenvalue weighted by molar-refractivity contribution is 7.89. The van der Waals surface area contributed by atoms with Crippen LogP contribution in [0.4, 0.5) is 5.69 Å². The molecule has 0 bridgehead atoms. The lowest BCUT2D eigenvalue weighted by molar-refractivity contribution is 0.282. The van der Waals surface area contributed by atoms with Gasteiger partial charge in [-0.1, -0.05) is 26.0 Å². The van der Waals surface area contributed by atoms with Crippen molar-refractivity contribution in [2.45, 2.75) is 45.6 Å². The molecule has 1 aromatic carbocycles. The van der Waals surface area contributed by atoms with Gasteiger partial charge in [-0.25, -0.2) is 13.1 Å². The second-order valence-corrected chi connectivity index (χ2v) is 7.10. The zero-order valence-electron chi connectivity index (χ0n) is 13.6. The standard InChI is InChI=1S/C15H27N3O2S/c1-6-18(7-2)10-13(5)17-21(19,20)15-12(4)9-8-11(3)14(15)16/h8-9,13,17H,6-7,10,16H2,1-5H3. The van der Waals surface area contributed by atoms with Gasteiger partial charge in [0.05, 0.1) is 5.69 Å². The summed E-state index contributed by atoms with van der Waals surface area (Å²) in [4.78, 5) is 2.38. The van der Waals surface area contributed by atoms with E-state index in [2.05, 4.69) is 23.5 Å². The number of anilines is 1. The van der Waals surface area contributed by atoms with Gasteiger partial charge in [0.2, 0.25) is 10.0 Å². The van der Waals surface area contributed by atoms with E-state index in [1.165, 1.54) is 0 Å². The van der Waals surface area contributed by atoms with Gasteiger partial charge in [0, 0.05) is 12.6 Å². The molecule has 0 aromatic heterocycles. The fourth-order valence-electron chi connectivity index (χ4n) is 2.39. The van der Waals surface area contributed by atoms with Gasteiger partial charge < -0.3 is 10.6 Å². The number of hydrogen-bond acceptors (Lipinski definition) is 4. The average molecular weight is 313 g/mol. The molecule has 0 aliphatic rings. The van der Waals surface area contributed by atoms with Crippen LogP contribution in [0.15, 0.2) is 17.0 Å². The van der Waals surface area contributed by atoms with Gasteiger partial charge in [0.25, 0.3) is 0 Å². The Morgan fingerprint density at radius 3 is 2.24 bits per heavy atom. The number of nitrogens with zero attached hydrogens (tertiary/aromatic N) is 1. The molecule has 6 heteroatoms. The summed E-state index contributed by atoms with van der Waals surface area (Å²) in [6, 6.07) is 3.45. The number of likely N-dealkylation sites (N-methyl/N-ethyl adjacent to an activating group) is 1. The lowest BCUT2D eigenvalue weighted by Crippen LogP contribution is -2.42. The van der Waals surface area contributed by atoms with E-state index in [0.717, 1.165) is 18.7 Å². The van der Waals surface area contributed by atoms with Crippen LogP contribution in [-0.2, 0) is 10.0 Å². The Morgan fingerprint density at radius 1 is 1.19 bits per heavy atom. The van der Waals surface area contributed by atoms with E-state index in [0.29, 0.717) is 17.8 Å². The quantitative estimate of drug-likeness (QED) is 0.754. The summed E-state index contributed by atoms with van der Waals surface area (Å²) >= 11 is 0. The number of sulfonamides is 1. The highest BCUT2D eigenvalue weighted by Gasteiger charge is 2.23. The molecule has 1 rings (SSSR count). The van der Waals surface area contributed by atoms with Crippen molar-refractivity contribution in [2.75, 3.05) is 25.4 Å². The maximum absolute atomic E-state index is 12.6. The Kier molecular flexibility index (Phi) is 6.19. The molecule has 120 valence electrons. The van der Waals surface area contributed by atoms with Crippen molar-refractivity contribution in [3.63, 3.8) is 0 Å². The predicted molar refractivity (Wildman–Crippen MR) is 87.9 cm³/mol. The van der Waals surface area contributed by atoms with Gasteiger partial charge in [-0.05, 0) is 45.0 Å². The Morgan fingerprint density at radius 2 is 1.71 bits per heavy atom. The summed E-state index contributed by atoms with van der Waals surface area (Å²) < 4.78 is 27.9. The van der Waals surface area contributed by atoms with Crippen LogP contribution in [0.25, 0.3) is 0 Å². The molecule has 0 amide bonds. The van der Waals surface area contributed by atoms with Crippen LogP contribution in [0.3, 0.4) is 0 Å². The Hall–Kier alpha value is -1.11. The van der Waals surface area contributed by atoms with Crippen LogP contribution < -0.4 is 10.5 Å². The minimum Gasteiger partial charge on any atom is -0.397 e. The third kappa shape index (κ3) is 4.43. The largest absolute Gasteiger partial charge is 0.397 e. The van der Waals surface area contributed by atoms with E-state index in [4.69, 9.17) is 5.73 Å². The first-order valence-electron chi connectivity index (χ1n) is 7.33. The van der Waals surface area contributed by atoms with Gasteiger partial charge >= 0.3 is 0 Å². The number of rotatable bonds is 7. The zero-order valence-corrected chi connectivity index (χ0v) is 14.4. The van der Waals surface area contributed by atoms with Crippen LogP contribution in [0.2, 0.25) is 0 Å². The van der Waals surface area contributed by atoms with Gasteiger partial charge in [-0.3, -0.25) is 0 Å². The van der Waals surface area contributed by atoms with E-state index >= 15 is 0 Å². The third-order valence-electron chi connectivity index (χ3n) is 3.66. The van der Waals surface area contributed by atoms with Crippen LogP contribution in [0, 0.1) is 13.8 Å². The first-order valence-corrected chi connectivity index (χ1v) is 8.81. The number of nitrogens with one attached hydrogen (secondary N) is 1. The highest BCUT2D eigenvalue weighted by atomic mass is 32.2. The second kappa shape index (κ2) is 7.24. The number of hydrogen-bond donors (Lipinski definition) is 2. The molecule has 0 aliphatic carbocycles. The van der Waals surface area contributed by atoms with Gasteiger partial charge in [0.15, 0.2) is 0 Å². The summed E-state index contributed by atoms with van der Waals surface area (Å²) in [5.74, 6) is 0. The normalized spacial score (nSPS) is 13.6. The number of aryl methyl sites for hydroxylation is 2. The van der Waals surface area contributed by atoms with E-state index in [-0.39, 0.29) is 10.9 Å². The van der Waals surface area contributed by atoms with Crippen LogP contribution in [0.1, 0.15) is 31.9 Å². The summed E-state index contributed by atoms with van der Waals surface area (Å²) in [6.07, 6.45) is 0. The fraction of sp³-hybridized carbons (Fsp3) is 0.600. The van der Waals surface area contributed by atoms with Crippen molar-refractivity contribution in [1.82, 2.24) is 9.62 Å². The molecular weight excluding hydrogens is 286 g/mol. The molecule has 5 nitrogen and oxygen atoms in total. The average Bonchev–Trinajstić information content (AvgIpc) is 2.39. The topological polar surface area (TPSA) is 75.4 Å². The fourth-order valence-corrected chi connectivity index (χ4v) is 4.06. The molecule has 0 aliphatic heterocycles. The summed E-state index contributed by atoms with van der Waals surface area (Å²) in [5, 5.41) is 0. The van der Waals surface area contributed by atoms with Crippen molar-refractivity contribution >= 4 is 15.7 Å². The lowest BCUT2D eigenvalue weighted by atomic mass is 10.1. The number of benzene rings is 1. The Bertz CT molecular complexity index is 581. The van der Waals surface area contributed by atoms with E-state index in [1.807, 2.05) is 19.9 Å². The summed E-state index contributed by atoms with van der Waals surface area (Å²) in [5.41, 5.74) is 7.74. The van der Waals surface area contributed by atoms with Gasteiger partial charge in [0.1, 0.15) is 4.90 Å². The molecular formula is C15H27N3O2S. The second-order valence-electron chi connectivity index (χ2n) is 5.45. The molecule has 1 atom stereocenters. The lowest BCUT2D eigenvalue weighted by Gasteiger charge is -2.24. The molecule has 0 spiro atoms. The Balaban J connectivity index is 3.00. The van der Waals surface area contributed by atoms with Crippen molar-refractivity contribution in [3.05, 3.63) is 23.3 Å². The Labute approximate surface area is 128 Å². The van der Waals surface area contributed by atoms with Crippen molar-refractivity contribution in [2.24, 2.45) is 0 Å². The molecule has 3 N–H and O–H groups in total. The van der Waals surface area contributed by atoms with Crippen molar-refractivity contribution in [3.8, 4) is 0 Å². The highest BCUT2D eigenvalue weighted by Crippen LogP contribution is 2.25. The molecule has 1 unspecified atom stereocenters. The van der Waals surface area contributed by atoms with Gasteiger partial charge in [-0.2, -0.15) is 0 Å². The molecule has 21 heavy (non-hydrogen) atoms. The minimum absolute atomic E-state index is 0.172. The smallest absolute Gasteiger partial charge is 0.243 e. The predicted octanol–water partition coefficient (Wildman–Crippen LogP) is 1.89. The van der Waals surface area contributed by atoms with E-state index in [9.17, 15) is 8.42 Å². The minimum atomic E-state index is -3.61. The SMILES string of the molecule is CCN(CC)CC(C)NS(=O)(=O)c1c(C)ccc(C)c1N. The maximum Gasteiger partial charge on any atom is 0.243 e. The zero-order chi connectivity index (χ0) is 16.2. The molecule has 0 radical (unpaired) electrons. The summed E-state index contributed by atoms with van der Waals surface area (Å²) in [6.45, 7) is 12.0. The third-order valence-corrected chi connectivity index (χ3v) is 5.45. The van der Waals surface area contributed by atoms with Crippen LogP contribution >= 0.6 is 0 Å². The molecule has 1 aromatic rings. The molecule has 0 heterocycles. The molecule has 0 saturated heterocycles. The van der Waals surface area contributed by atoms with Gasteiger partial charge in [-0.15, -0.1) is 0 Å². The first kappa shape index (κ1) is 17.9. The van der Waals surface area contributed by atoms with Crippen LogP contribution in [0.5, 0.6) is 0 Å². The molecule has 0 fully saturated rings. The van der Waals surface area contributed by atoms with Crippen molar-refractivity contribution in [1.29, 1.82) is 0 Å². The summed E-state index contributed by atoms with van der Waals surface area (Å²) in [7, 11) is -3.61. The number of nitrogen functional groups attached to an aromatic ring is 1. The van der Waals surface area contributed by atoms with E-state index in [1.54, 1.807) is 13.0 Å². The van der Waals surface area contributed by atoms with Crippen LogP contribution in [-0.4, -0.2) is 39.0 Å². The maximum atomic E-state index is 12.6. The van der Waals surface area contributed by atoms with Crippen molar-refractivity contribution < 1.29 is 8.42 Å². The number of nitrogens with two attached hydrogens (primary N) is 1. The first-order chi connectivity index (χ1) is 9.72. The molecule has 0 saturated carbocycles. The monoisotopic (exact) mass is 313 g/mol.